The molecule has 1 aliphatic heterocycles. The van der Waals surface area contributed by atoms with Crippen molar-refractivity contribution in [3.8, 4) is 11.5 Å². The summed E-state index contributed by atoms with van der Waals surface area (Å²) in [6, 6.07) is 18.9. The highest BCUT2D eigenvalue weighted by Gasteiger charge is 2.23. The molecule has 5 rings (SSSR count). The highest BCUT2D eigenvalue weighted by molar-refractivity contribution is 7.92. The molecule has 1 amide bonds. The number of fused-ring (bicyclic) bond motifs is 2. The molecule has 0 fully saturated rings. The SMILES string of the molecule is O=C(N[C@@H]1CCCc2ccccc21)c1cccc(S(=O)(=O)Nc2ccc3c(c2)OCO3)c1. The van der Waals surface area contributed by atoms with Crippen molar-refractivity contribution in [2.45, 2.75) is 30.2 Å². The van der Waals surface area contributed by atoms with Crippen molar-refractivity contribution in [2.75, 3.05) is 11.5 Å². The van der Waals surface area contributed by atoms with Gasteiger partial charge in [-0.3, -0.25) is 9.52 Å². The number of anilines is 1. The van der Waals surface area contributed by atoms with Crippen LogP contribution in [0.1, 0.15) is 40.4 Å². The van der Waals surface area contributed by atoms with Gasteiger partial charge in [0.25, 0.3) is 15.9 Å². The van der Waals surface area contributed by atoms with Gasteiger partial charge in [0, 0.05) is 11.6 Å². The van der Waals surface area contributed by atoms with E-state index in [9.17, 15) is 13.2 Å². The molecule has 1 heterocycles. The van der Waals surface area contributed by atoms with Crippen molar-refractivity contribution < 1.29 is 22.7 Å². The largest absolute Gasteiger partial charge is 0.454 e. The number of sulfonamides is 1. The summed E-state index contributed by atoms with van der Waals surface area (Å²) in [5.41, 5.74) is 3.01. The van der Waals surface area contributed by atoms with Crippen molar-refractivity contribution in [3.05, 3.63) is 83.4 Å². The number of rotatable bonds is 5. The fourth-order valence-electron chi connectivity index (χ4n) is 4.12. The highest BCUT2D eigenvalue weighted by Crippen LogP contribution is 2.35. The Morgan fingerprint density at radius 1 is 0.938 bits per heavy atom. The monoisotopic (exact) mass is 450 g/mol. The summed E-state index contributed by atoms with van der Waals surface area (Å²) >= 11 is 0. The zero-order valence-corrected chi connectivity index (χ0v) is 18.0. The van der Waals surface area contributed by atoms with Gasteiger partial charge in [-0.15, -0.1) is 0 Å². The van der Waals surface area contributed by atoms with Gasteiger partial charge in [-0.2, -0.15) is 0 Å². The molecule has 3 aromatic carbocycles. The van der Waals surface area contributed by atoms with Crippen LogP contribution in [0.3, 0.4) is 0 Å². The summed E-state index contributed by atoms with van der Waals surface area (Å²) in [7, 11) is -3.89. The van der Waals surface area contributed by atoms with Crippen LogP contribution in [0.25, 0.3) is 0 Å². The molecule has 2 aliphatic rings. The van der Waals surface area contributed by atoms with Crippen LogP contribution in [0, 0.1) is 0 Å². The van der Waals surface area contributed by atoms with E-state index in [1.165, 1.54) is 17.7 Å². The minimum atomic E-state index is -3.89. The van der Waals surface area contributed by atoms with E-state index in [2.05, 4.69) is 16.1 Å². The Morgan fingerprint density at radius 2 is 1.78 bits per heavy atom. The fourth-order valence-corrected chi connectivity index (χ4v) is 5.22. The molecule has 0 saturated carbocycles. The molecular formula is C24H22N2O5S. The third-order valence-electron chi connectivity index (χ3n) is 5.71. The van der Waals surface area contributed by atoms with E-state index in [0.717, 1.165) is 24.8 Å². The van der Waals surface area contributed by atoms with Gasteiger partial charge in [0.05, 0.1) is 16.6 Å². The molecule has 1 atom stereocenters. The second kappa shape index (κ2) is 8.20. The molecule has 2 N–H and O–H groups in total. The van der Waals surface area contributed by atoms with Crippen molar-refractivity contribution in [1.82, 2.24) is 5.32 Å². The van der Waals surface area contributed by atoms with Crippen molar-refractivity contribution in [1.29, 1.82) is 0 Å². The Kier molecular flexibility index (Phi) is 5.22. The minimum absolute atomic E-state index is 0.00635. The molecule has 0 unspecified atom stereocenters. The maximum absolute atomic E-state index is 12.9. The van der Waals surface area contributed by atoms with Crippen molar-refractivity contribution >= 4 is 21.6 Å². The van der Waals surface area contributed by atoms with Gasteiger partial charge < -0.3 is 14.8 Å². The van der Waals surface area contributed by atoms with Gasteiger partial charge in [-0.25, -0.2) is 8.42 Å². The molecule has 0 saturated heterocycles. The molecule has 32 heavy (non-hydrogen) atoms. The number of hydrogen-bond acceptors (Lipinski definition) is 5. The average Bonchev–Trinajstić information content (AvgIpc) is 3.27. The summed E-state index contributed by atoms with van der Waals surface area (Å²) in [5, 5.41) is 3.06. The molecule has 164 valence electrons. The lowest BCUT2D eigenvalue weighted by atomic mass is 9.87. The summed E-state index contributed by atoms with van der Waals surface area (Å²) in [6.45, 7) is 0.105. The van der Waals surface area contributed by atoms with Crippen LogP contribution in [0.2, 0.25) is 0 Å². The molecular weight excluding hydrogens is 428 g/mol. The number of ether oxygens (including phenoxy) is 2. The number of carbonyl (C=O) groups excluding carboxylic acids is 1. The summed E-state index contributed by atoms with van der Waals surface area (Å²) in [5.74, 6) is 0.744. The van der Waals surface area contributed by atoms with Gasteiger partial charge in [0.15, 0.2) is 11.5 Å². The van der Waals surface area contributed by atoms with Gasteiger partial charge in [0.2, 0.25) is 6.79 Å². The molecule has 7 nitrogen and oxygen atoms in total. The summed E-state index contributed by atoms with van der Waals surface area (Å²) in [4.78, 5) is 12.9. The molecule has 0 aromatic heterocycles. The third-order valence-corrected chi connectivity index (χ3v) is 7.09. The fraction of sp³-hybridized carbons (Fsp3) is 0.208. The lowest BCUT2D eigenvalue weighted by Gasteiger charge is -2.26. The first kappa shape index (κ1) is 20.4. The van der Waals surface area contributed by atoms with Gasteiger partial charge >= 0.3 is 0 Å². The van der Waals surface area contributed by atoms with Crippen LogP contribution in [-0.4, -0.2) is 21.1 Å². The number of nitrogens with one attached hydrogen (secondary N) is 2. The standard InChI is InChI=1S/C24H22N2O5S/c27-24(25-21-10-4-6-16-5-1-2-9-20(16)21)17-7-3-8-19(13-17)32(28,29)26-18-11-12-22-23(14-18)31-15-30-22/h1-3,5,7-9,11-14,21,26H,4,6,10,15H2,(H,25,27)/t21-/m1/s1. The Bertz CT molecular complexity index is 1290. The first-order valence-corrected chi connectivity index (χ1v) is 11.9. The first-order valence-electron chi connectivity index (χ1n) is 10.4. The minimum Gasteiger partial charge on any atom is -0.454 e. The molecule has 0 radical (unpaired) electrons. The van der Waals surface area contributed by atoms with E-state index in [4.69, 9.17) is 9.47 Å². The van der Waals surface area contributed by atoms with Gasteiger partial charge in [0.1, 0.15) is 0 Å². The van der Waals surface area contributed by atoms with E-state index in [1.807, 2.05) is 18.2 Å². The van der Waals surface area contributed by atoms with Crippen molar-refractivity contribution in [2.24, 2.45) is 0 Å². The predicted octanol–water partition coefficient (Wildman–Crippen LogP) is 4.02. The summed E-state index contributed by atoms with van der Waals surface area (Å²) < 4.78 is 38.9. The van der Waals surface area contributed by atoms with Crippen LogP contribution < -0.4 is 19.5 Å². The Hall–Kier alpha value is -3.52. The normalized spacial score (nSPS) is 16.8. The highest BCUT2D eigenvalue weighted by atomic mass is 32.2. The first-order chi connectivity index (χ1) is 15.5. The van der Waals surface area contributed by atoms with E-state index < -0.39 is 10.0 Å². The lowest BCUT2D eigenvalue weighted by molar-refractivity contribution is 0.0932. The van der Waals surface area contributed by atoms with E-state index in [1.54, 1.807) is 30.3 Å². The van der Waals surface area contributed by atoms with Crippen molar-refractivity contribution in [3.63, 3.8) is 0 Å². The maximum atomic E-state index is 12.9. The zero-order valence-electron chi connectivity index (χ0n) is 17.2. The number of aryl methyl sites for hydroxylation is 1. The molecule has 0 spiro atoms. The maximum Gasteiger partial charge on any atom is 0.261 e. The number of benzene rings is 3. The quantitative estimate of drug-likeness (QED) is 0.612. The zero-order chi connectivity index (χ0) is 22.1. The third kappa shape index (κ3) is 4.01. The van der Waals surface area contributed by atoms with Gasteiger partial charge in [-0.1, -0.05) is 30.3 Å². The molecule has 3 aromatic rings. The van der Waals surface area contributed by atoms with Crippen LogP contribution in [0.4, 0.5) is 5.69 Å². The number of amides is 1. The van der Waals surface area contributed by atoms with E-state index in [-0.39, 0.29) is 23.6 Å². The van der Waals surface area contributed by atoms with E-state index >= 15 is 0 Å². The Labute approximate surface area is 186 Å². The van der Waals surface area contributed by atoms with Crippen LogP contribution in [0.5, 0.6) is 11.5 Å². The van der Waals surface area contributed by atoms with Crippen LogP contribution in [0.15, 0.2) is 71.6 Å². The van der Waals surface area contributed by atoms with E-state index in [0.29, 0.717) is 22.7 Å². The van der Waals surface area contributed by atoms with Crippen LogP contribution in [-0.2, 0) is 16.4 Å². The predicted molar refractivity (Wildman–Crippen MR) is 119 cm³/mol. The summed E-state index contributed by atoms with van der Waals surface area (Å²) in [6.07, 6.45) is 2.85. The smallest absolute Gasteiger partial charge is 0.261 e. The molecule has 8 heteroatoms. The second-order valence-corrected chi connectivity index (χ2v) is 9.50. The van der Waals surface area contributed by atoms with Gasteiger partial charge in [-0.05, 0) is 60.7 Å². The molecule has 1 aliphatic carbocycles. The lowest BCUT2D eigenvalue weighted by Crippen LogP contribution is -2.31. The topological polar surface area (TPSA) is 93.7 Å². The average molecular weight is 451 g/mol. The number of hydrogen-bond donors (Lipinski definition) is 2. The second-order valence-electron chi connectivity index (χ2n) is 7.82. The Balaban J connectivity index is 1.34. The van der Waals surface area contributed by atoms with Crippen LogP contribution >= 0.6 is 0 Å². The number of carbonyl (C=O) groups is 1. The molecule has 0 bridgehead atoms. The Morgan fingerprint density at radius 3 is 2.69 bits per heavy atom.